The number of aliphatic hydroxyl groups excluding tert-OH is 1. The average Bonchev–Trinajstić information content (AvgIpc) is 3.18. The first-order valence-electron chi connectivity index (χ1n) is 6.24. The maximum atomic E-state index is 13.0. The van der Waals surface area contributed by atoms with Crippen molar-refractivity contribution in [3.8, 4) is 0 Å². The molecule has 0 heterocycles. The quantitative estimate of drug-likeness (QED) is 0.813. The zero-order chi connectivity index (χ0) is 16.0. The van der Waals surface area contributed by atoms with Crippen LogP contribution in [0.3, 0.4) is 0 Å². The first-order chi connectivity index (χ1) is 9.51. The molecule has 2 nitrogen and oxygen atoms in total. The second-order valence-electron chi connectivity index (χ2n) is 5.15. The van der Waals surface area contributed by atoms with E-state index in [0.717, 1.165) is 0 Å². The van der Waals surface area contributed by atoms with E-state index in [1.54, 1.807) is 0 Å². The molecule has 1 fully saturated rings. The van der Waals surface area contributed by atoms with Crippen molar-refractivity contribution in [1.82, 2.24) is 0 Å². The van der Waals surface area contributed by atoms with Crippen LogP contribution in [0.1, 0.15) is 35.6 Å². The summed E-state index contributed by atoms with van der Waals surface area (Å²) in [5.41, 5.74) is 2.24. The van der Waals surface area contributed by atoms with Gasteiger partial charge in [0.15, 0.2) is 0 Å². The molecule has 2 atom stereocenters. The van der Waals surface area contributed by atoms with E-state index in [-0.39, 0.29) is 24.4 Å². The maximum Gasteiger partial charge on any atom is 0.416 e. The summed E-state index contributed by atoms with van der Waals surface area (Å²) in [6.45, 7) is 0. The van der Waals surface area contributed by atoms with Crippen LogP contribution < -0.4 is 5.73 Å². The molecule has 1 aromatic carbocycles. The number of hydrogen-bond acceptors (Lipinski definition) is 2. The summed E-state index contributed by atoms with van der Waals surface area (Å²) >= 11 is 0. The van der Waals surface area contributed by atoms with Gasteiger partial charge in [-0.1, -0.05) is 6.07 Å². The van der Waals surface area contributed by atoms with Crippen molar-refractivity contribution in [2.45, 2.75) is 37.3 Å². The van der Waals surface area contributed by atoms with Gasteiger partial charge in [0.25, 0.3) is 0 Å². The van der Waals surface area contributed by atoms with Gasteiger partial charge >= 0.3 is 12.4 Å². The molecule has 0 unspecified atom stereocenters. The van der Waals surface area contributed by atoms with Crippen molar-refractivity contribution < 1.29 is 31.4 Å². The number of aliphatic hydroxyl groups is 1. The summed E-state index contributed by atoms with van der Waals surface area (Å²) in [7, 11) is 0. The second-order valence-corrected chi connectivity index (χ2v) is 5.15. The number of nitrogens with two attached hydrogens (primary N) is 1. The highest BCUT2D eigenvalue weighted by Gasteiger charge is 2.42. The van der Waals surface area contributed by atoms with E-state index < -0.39 is 41.2 Å². The largest absolute Gasteiger partial charge is 0.416 e. The number of rotatable bonds is 3. The highest BCUT2D eigenvalue weighted by atomic mass is 35.5. The van der Waals surface area contributed by atoms with Crippen molar-refractivity contribution in [2.75, 3.05) is 0 Å². The van der Waals surface area contributed by atoms with Gasteiger partial charge in [-0.25, -0.2) is 0 Å². The van der Waals surface area contributed by atoms with Crippen molar-refractivity contribution >= 4 is 12.4 Å². The minimum Gasteiger partial charge on any atom is -0.391 e. The molecule has 126 valence electrons. The van der Waals surface area contributed by atoms with E-state index in [2.05, 4.69) is 0 Å². The van der Waals surface area contributed by atoms with Crippen molar-refractivity contribution in [3.63, 3.8) is 0 Å². The van der Waals surface area contributed by atoms with E-state index in [1.807, 2.05) is 0 Å². The van der Waals surface area contributed by atoms with E-state index in [1.165, 1.54) is 0 Å². The van der Waals surface area contributed by atoms with Gasteiger partial charge in [-0.05, 0) is 36.5 Å². The standard InChI is InChI=1S/C13H13F6NO.ClH/c14-12(15,16)7-3-4-8(9(5-7)13(17,18)19)10(20)11(21)6-1-2-6;/h3-6,10-11,21H,1-2,20H2;1H/t10-,11+;/m0./s1. The zero-order valence-corrected chi connectivity index (χ0v) is 11.9. The normalized spacial score (nSPS) is 18.5. The number of alkyl halides is 6. The Labute approximate surface area is 128 Å². The Morgan fingerprint density at radius 2 is 1.59 bits per heavy atom. The molecule has 9 heteroatoms. The number of benzene rings is 1. The van der Waals surface area contributed by atoms with Gasteiger partial charge in [0.05, 0.1) is 23.3 Å². The molecule has 1 aromatic rings. The maximum absolute atomic E-state index is 13.0. The Hall–Kier alpha value is -0.990. The molecule has 0 radical (unpaired) electrons. The van der Waals surface area contributed by atoms with Crippen molar-refractivity contribution in [1.29, 1.82) is 0 Å². The van der Waals surface area contributed by atoms with Crippen LogP contribution in [-0.4, -0.2) is 11.2 Å². The van der Waals surface area contributed by atoms with Gasteiger partial charge in [-0.15, -0.1) is 12.4 Å². The van der Waals surface area contributed by atoms with Gasteiger partial charge in [-0.3, -0.25) is 0 Å². The third kappa shape index (κ3) is 4.05. The van der Waals surface area contributed by atoms with E-state index in [4.69, 9.17) is 5.73 Å². The molecule has 0 saturated heterocycles. The Kier molecular flexibility index (Phi) is 5.42. The molecule has 0 bridgehead atoms. The fourth-order valence-corrected chi connectivity index (χ4v) is 2.18. The van der Waals surface area contributed by atoms with Crippen LogP contribution in [0.4, 0.5) is 26.3 Å². The van der Waals surface area contributed by atoms with Crippen LogP contribution in [0.2, 0.25) is 0 Å². The fourth-order valence-electron chi connectivity index (χ4n) is 2.18. The van der Waals surface area contributed by atoms with Crippen molar-refractivity contribution in [2.24, 2.45) is 11.7 Å². The lowest BCUT2D eigenvalue weighted by atomic mass is 9.93. The predicted octanol–water partition coefficient (Wildman–Crippen LogP) is 3.92. The Morgan fingerprint density at radius 1 is 1.05 bits per heavy atom. The molecular weight excluding hydrogens is 336 g/mol. The third-order valence-corrected chi connectivity index (χ3v) is 3.52. The summed E-state index contributed by atoms with van der Waals surface area (Å²) in [5, 5.41) is 9.82. The van der Waals surface area contributed by atoms with Crippen LogP contribution in [0.5, 0.6) is 0 Å². The molecule has 1 aliphatic carbocycles. The molecule has 1 saturated carbocycles. The van der Waals surface area contributed by atoms with Crippen LogP contribution in [0, 0.1) is 5.92 Å². The fraction of sp³-hybridized carbons (Fsp3) is 0.538. The van der Waals surface area contributed by atoms with Gasteiger partial charge < -0.3 is 10.8 Å². The predicted molar refractivity (Wildman–Crippen MR) is 69.4 cm³/mol. The minimum absolute atomic E-state index is 0. The molecule has 0 aromatic heterocycles. The van der Waals surface area contributed by atoms with Crippen LogP contribution >= 0.6 is 12.4 Å². The average molecular weight is 350 g/mol. The molecule has 2 rings (SSSR count). The van der Waals surface area contributed by atoms with Crippen LogP contribution in [-0.2, 0) is 12.4 Å². The Morgan fingerprint density at radius 3 is 2.00 bits per heavy atom. The van der Waals surface area contributed by atoms with Gasteiger partial charge in [0.2, 0.25) is 0 Å². The molecule has 3 N–H and O–H groups in total. The lowest BCUT2D eigenvalue weighted by Gasteiger charge is -2.23. The van der Waals surface area contributed by atoms with Crippen LogP contribution in [0.25, 0.3) is 0 Å². The van der Waals surface area contributed by atoms with E-state index in [0.29, 0.717) is 25.0 Å². The molecule has 0 aliphatic heterocycles. The first kappa shape index (κ1) is 19.1. The highest BCUT2D eigenvalue weighted by molar-refractivity contribution is 5.85. The number of halogens is 7. The summed E-state index contributed by atoms with van der Waals surface area (Å²) in [6.07, 6.45) is -9.74. The monoisotopic (exact) mass is 349 g/mol. The molecular formula is C13H14ClF6NO. The molecule has 1 aliphatic rings. The zero-order valence-electron chi connectivity index (χ0n) is 11.1. The Bertz CT molecular complexity index is 526. The van der Waals surface area contributed by atoms with Crippen LogP contribution in [0.15, 0.2) is 18.2 Å². The summed E-state index contributed by atoms with van der Waals surface area (Å²) in [6, 6.07) is -0.0859. The summed E-state index contributed by atoms with van der Waals surface area (Å²) in [5.74, 6) is -0.191. The third-order valence-electron chi connectivity index (χ3n) is 3.52. The Balaban J connectivity index is 0.00000242. The summed E-state index contributed by atoms with van der Waals surface area (Å²) in [4.78, 5) is 0. The van der Waals surface area contributed by atoms with Gasteiger partial charge in [-0.2, -0.15) is 26.3 Å². The lowest BCUT2D eigenvalue weighted by Crippen LogP contribution is -2.30. The van der Waals surface area contributed by atoms with Gasteiger partial charge in [0, 0.05) is 0 Å². The molecule has 0 amide bonds. The summed E-state index contributed by atoms with van der Waals surface area (Å²) < 4.78 is 76.5. The molecule has 0 spiro atoms. The number of hydrogen-bond donors (Lipinski definition) is 2. The van der Waals surface area contributed by atoms with Gasteiger partial charge in [0.1, 0.15) is 0 Å². The first-order valence-corrected chi connectivity index (χ1v) is 6.24. The lowest BCUT2D eigenvalue weighted by molar-refractivity contribution is -0.143. The highest BCUT2D eigenvalue weighted by Crippen LogP contribution is 2.42. The topological polar surface area (TPSA) is 46.2 Å². The van der Waals surface area contributed by atoms with E-state index in [9.17, 15) is 31.4 Å². The minimum atomic E-state index is -4.97. The van der Waals surface area contributed by atoms with E-state index >= 15 is 0 Å². The SMILES string of the molecule is Cl.N[C@@H](c1ccc(C(F)(F)F)cc1C(F)(F)F)[C@H](O)C1CC1. The second kappa shape index (κ2) is 6.25. The smallest absolute Gasteiger partial charge is 0.391 e. The van der Waals surface area contributed by atoms with Crippen molar-refractivity contribution in [3.05, 3.63) is 34.9 Å². The molecule has 22 heavy (non-hydrogen) atoms.